The summed E-state index contributed by atoms with van der Waals surface area (Å²) < 4.78 is 11.7. The van der Waals surface area contributed by atoms with Gasteiger partial charge in [0.1, 0.15) is 6.61 Å². The predicted molar refractivity (Wildman–Crippen MR) is 120 cm³/mol. The third-order valence-corrected chi connectivity index (χ3v) is 5.68. The molecule has 2 aliphatic rings. The fourth-order valence-electron chi connectivity index (χ4n) is 3.64. The second-order valence-corrected chi connectivity index (χ2v) is 8.02. The van der Waals surface area contributed by atoms with Gasteiger partial charge in [-0.3, -0.25) is 4.79 Å². The summed E-state index contributed by atoms with van der Waals surface area (Å²) in [5, 5.41) is 3.65. The number of hydrogen-bond donors (Lipinski definition) is 1. The summed E-state index contributed by atoms with van der Waals surface area (Å²) in [6.45, 7) is 3.26. The Balaban J connectivity index is 0.00000256. The summed E-state index contributed by atoms with van der Waals surface area (Å²) in [5.74, 6) is 2.21. The van der Waals surface area contributed by atoms with E-state index in [2.05, 4.69) is 5.32 Å². The highest BCUT2D eigenvalue weighted by molar-refractivity contribution is 5.85. The zero-order valence-electron chi connectivity index (χ0n) is 17.3. The van der Waals surface area contributed by atoms with E-state index in [1.165, 1.54) is 12.8 Å². The number of ether oxygens (including phenoxy) is 2. The average Bonchev–Trinajstić information content (AvgIpc) is 3.61. The largest absolute Gasteiger partial charge is 0.485 e. The number of rotatable bonds is 9. The van der Waals surface area contributed by atoms with E-state index in [0.717, 1.165) is 44.0 Å². The molecule has 1 N–H and O–H groups in total. The van der Waals surface area contributed by atoms with Crippen LogP contribution in [0, 0.1) is 5.92 Å². The van der Waals surface area contributed by atoms with Crippen LogP contribution >= 0.6 is 12.4 Å². The summed E-state index contributed by atoms with van der Waals surface area (Å²) in [6.07, 6.45) is 4.79. The molecule has 0 aromatic heterocycles. The molecular formula is C24H31ClN2O3. The van der Waals surface area contributed by atoms with Gasteiger partial charge in [-0.15, -0.1) is 12.4 Å². The minimum atomic E-state index is 0. The van der Waals surface area contributed by atoms with E-state index in [4.69, 9.17) is 9.47 Å². The molecule has 0 bridgehead atoms. The van der Waals surface area contributed by atoms with Gasteiger partial charge in [-0.25, -0.2) is 0 Å². The van der Waals surface area contributed by atoms with Gasteiger partial charge in [0.2, 0.25) is 0 Å². The first-order valence-electron chi connectivity index (χ1n) is 10.7. The maximum atomic E-state index is 12.6. The molecule has 1 aliphatic carbocycles. The number of amides is 1. The summed E-state index contributed by atoms with van der Waals surface area (Å²) >= 11 is 0. The number of nitrogens with zero attached hydrogens (tertiary/aromatic N) is 1. The monoisotopic (exact) mass is 430 g/mol. The van der Waals surface area contributed by atoms with Gasteiger partial charge in [0.15, 0.2) is 18.1 Å². The minimum Gasteiger partial charge on any atom is -0.485 e. The number of benzene rings is 2. The van der Waals surface area contributed by atoms with Gasteiger partial charge in [-0.2, -0.15) is 0 Å². The van der Waals surface area contributed by atoms with Crippen LogP contribution in [0.2, 0.25) is 0 Å². The lowest BCUT2D eigenvalue weighted by molar-refractivity contribution is -0.134. The van der Waals surface area contributed by atoms with E-state index < -0.39 is 0 Å². The topological polar surface area (TPSA) is 50.8 Å². The highest BCUT2D eigenvalue weighted by Gasteiger charge is 2.26. The third-order valence-electron chi connectivity index (χ3n) is 5.68. The van der Waals surface area contributed by atoms with E-state index in [1.807, 2.05) is 59.5 Å². The average molecular weight is 431 g/mol. The zero-order valence-corrected chi connectivity index (χ0v) is 18.1. The zero-order chi connectivity index (χ0) is 19.9. The summed E-state index contributed by atoms with van der Waals surface area (Å²) in [7, 11) is 0. The lowest BCUT2D eigenvalue weighted by Gasteiger charge is -2.32. The van der Waals surface area contributed by atoms with Crippen LogP contribution in [0.25, 0.3) is 0 Å². The highest BCUT2D eigenvalue weighted by Crippen LogP contribution is 2.29. The van der Waals surface area contributed by atoms with Crippen LogP contribution in [-0.2, 0) is 11.4 Å². The molecule has 6 heteroatoms. The smallest absolute Gasteiger partial charge is 0.260 e. The summed E-state index contributed by atoms with van der Waals surface area (Å²) in [4.78, 5) is 14.5. The normalized spacial score (nSPS) is 16.6. The molecule has 1 amide bonds. The van der Waals surface area contributed by atoms with Crippen molar-refractivity contribution in [1.29, 1.82) is 0 Å². The van der Waals surface area contributed by atoms with Crippen LogP contribution in [0.1, 0.15) is 31.2 Å². The van der Waals surface area contributed by atoms with Crippen molar-refractivity contribution in [2.75, 3.05) is 26.2 Å². The molecule has 2 fully saturated rings. The Morgan fingerprint density at radius 3 is 2.20 bits per heavy atom. The van der Waals surface area contributed by atoms with Crippen molar-refractivity contribution in [2.24, 2.45) is 5.92 Å². The highest BCUT2D eigenvalue weighted by atomic mass is 35.5. The fourth-order valence-corrected chi connectivity index (χ4v) is 3.64. The SMILES string of the molecule is Cl.O=C(COc1ccccc1OCc1ccccc1)N1CCC(NCC2CC2)CC1. The van der Waals surface area contributed by atoms with Crippen molar-refractivity contribution in [2.45, 2.75) is 38.3 Å². The maximum absolute atomic E-state index is 12.6. The van der Waals surface area contributed by atoms with Crippen LogP contribution in [-0.4, -0.2) is 43.1 Å². The standard InChI is InChI=1S/C24H30N2O3.ClH/c27-24(26-14-12-21(13-15-26)25-16-19-10-11-19)18-29-23-9-5-4-8-22(23)28-17-20-6-2-1-3-7-20;/h1-9,19,21,25H,10-18H2;1H. The molecule has 5 nitrogen and oxygen atoms in total. The second kappa shape index (κ2) is 11.2. The Bertz CT molecular complexity index is 790. The molecule has 1 aliphatic heterocycles. The van der Waals surface area contributed by atoms with Gasteiger partial charge in [0.05, 0.1) is 0 Å². The van der Waals surface area contributed by atoms with E-state index in [-0.39, 0.29) is 24.9 Å². The number of carbonyl (C=O) groups excluding carboxylic acids is 1. The Morgan fingerprint density at radius 2 is 1.53 bits per heavy atom. The van der Waals surface area contributed by atoms with E-state index >= 15 is 0 Å². The molecule has 0 atom stereocenters. The van der Waals surface area contributed by atoms with Crippen molar-refractivity contribution in [1.82, 2.24) is 10.2 Å². The Hall–Kier alpha value is -2.24. The van der Waals surface area contributed by atoms with Gasteiger partial charge in [-0.1, -0.05) is 42.5 Å². The van der Waals surface area contributed by atoms with Crippen LogP contribution in [0.15, 0.2) is 54.6 Å². The molecular weight excluding hydrogens is 400 g/mol. The number of carbonyl (C=O) groups is 1. The molecule has 1 heterocycles. The quantitative estimate of drug-likeness (QED) is 0.651. The molecule has 0 radical (unpaired) electrons. The Labute approximate surface area is 185 Å². The van der Waals surface area contributed by atoms with Gasteiger partial charge in [0.25, 0.3) is 5.91 Å². The molecule has 1 saturated heterocycles. The van der Waals surface area contributed by atoms with Crippen LogP contribution in [0.4, 0.5) is 0 Å². The first-order valence-corrected chi connectivity index (χ1v) is 10.7. The number of halogens is 1. The van der Waals surface area contributed by atoms with Gasteiger partial charge < -0.3 is 19.7 Å². The third kappa shape index (κ3) is 6.64. The van der Waals surface area contributed by atoms with Crippen LogP contribution in [0.5, 0.6) is 11.5 Å². The van der Waals surface area contributed by atoms with Gasteiger partial charge >= 0.3 is 0 Å². The summed E-state index contributed by atoms with van der Waals surface area (Å²) in [5.41, 5.74) is 1.09. The number of hydrogen-bond acceptors (Lipinski definition) is 4. The lowest BCUT2D eigenvalue weighted by atomic mass is 10.0. The summed E-state index contributed by atoms with van der Waals surface area (Å²) in [6, 6.07) is 18.1. The lowest BCUT2D eigenvalue weighted by Crippen LogP contribution is -2.46. The molecule has 30 heavy (non-hydrogen) atoms. The molecule has 1 saturated carbocycles. The predicted octanol–water partition coefficient (Wildman–Crippen LogP) is 4.06. The van der Waals surface area contributed by atoms with Gasteiger partial charge in [0, 0.05) is 19.1 Å². The first-order chi connectivity index (χ1) is 14.3. The molecule has 2 aromatic carbocycles. The van der Waals surface area contributed by atoms with E-state index in [0.29, 0.717) is 24.1 Å². The fraction of sp³-hybridized carbons (Fsp3) is 0.458. The van der Waals surface area contributed by atoms with E-state index in [9.17, 15) is 4.79 Å². The number of para-hydroxylation sites is 2. The van der Waals surface area contributed by atoms with E-state index in [1.54, 1.807) is 0 Å². The molecule has 2 aromatic rings. The Morgan fingerprint density at radius 1 is 0.900 bits per heavy atom. The minimum absolute atomic E-state index is 0. The first kappa shape index (κ1) is 22.4. The van der Waals surface area contributed by atoms with Crippen LogP contribution in [0.3, 0.4) is 0 Å². The second-order valence-electron chi connectivity index (χ2n) is 8.02. The van der Waals surface area contributed by atoms with Gasteiger partial charge in [-0.05, 0) is 55.8 Å². The van der Waals surface area contributed by atoms with Crippen molar-refractivity contribution in [3.8, 4) is 11.5 Å². The molecule has 0 unspecified atom stereocenters. The van der Waals surface area contributed by atoms with Crippen molar-refractivity contribution < 1.29 is 14.3 Å². The van der Waals surface area contributed by atoms with Crippen molar-refractivity contribution in [3.05, 3.63) is 60.2 Å². The number of piperidine rings is 1. The maximum Gasteiger partial charge on any atom is 0.260 e. The Kier molecular flexibility index (Phi) is 8.40. The molecule has 4 rings (SSSR count). The number of nitrogens with one attached hydrogen (secondary N) is 1. The molecule has 0 spiro atoms. The van der Waals surface area contributed by atoms with Crippen LogP contribution < -0.4 is 14.8 Å². The molecule has 162 valence electrons. The van der Waals surface area contributed by atoms with Crippen molar-refractivity contribution >= 4 is 18.3 Å². The number of likely N-dealkylation sites (tertiary alicyclic amines) is 1. The van der Waals surface area contributed by atoms with Crippen molar-refractivity contribution in [3.63, 3.8) is 0 Å².